The predicted molar refractivity (Wildman–Crippen MR) is 266 cm³/mol. The van der Waals surface area contributed by atoms with Gasteiger partial charge in [0.2, 0.25) is 11.0 Å². The summed E-state index contributed by atoms with van der Waals surface area (Å²) in [5.41, 5.74) is -0.570. The molecule has 4 unspecified atom stereocenters. The van der Waals surface area contributed by atoms with Crippen LogP contribution in [0.3, 0.4) is 0 Å². The fraction of sp³-hybridized carbons (Fsp3) is 0.489. The first kappa shape index (κ1) is 57.3. The third kappa shape index (κ3) is 15.9. The highest BCUT2D eigenvalue weighted by Crippen LogP contribution is 2.53. The van der Waals surface area contributed by atoms with E-state index in [0.717, 1.165) is 29.8 Å². The number of nitrogens with zero attached hydrogens (tertiary/aromatic N) is 8. The van der Waals surface area contributed by atoms with Crippen LogP contribution in [-0.2, 0) is 25.9 Å². The first-order valence-electron chi connectivity index (χ1n) is 20.1. The number of halogens is 4. The molecule has 0 saturated heterocycles. The number of H-pyrrole nitrogens is 1. The molecule has 1 fully saturated rings. The maximum Gasteiger partial charge on any atom is 0.219 e. The molecule has 7 rings (SSSR count). The molecule has 0 radical (unpaired) electrons. The molecule has 0 bridgehead atoms. The molecule has 1 aliphatic carbocycles. The Balaban J connectivity index is 0.000000328. The lowest BCUT2D eigenvalue weighted by Crippen LogP contribution is -2.47. The van der Waals surface area contributed by atoms with E-state index >= 15 is 0 Å². The van der Waals surface area contributed by atoms with Gasteiger partial charge < -0.3 is 20.1 Å². The number of aromatic nitrogens is 9. The van der Waals surface area contributed by atoms with Crippen LogP contribution in [0.25, 0.3) is 0 Å². The molecule has 0 amide bonds. The summed E-state index contributed by atoms with van der Waals surface area (Å²) in [5.74, 6) is 0.609. The topological polar surface area (TPSA) is 165 Å². The van der Waals surface area contributed by atoms with Crippen LogP contribution in [0.5, 0.6) is 5.75 Å². The Morgan fingerprint density at radius 1 is 0.815 bits per heavy atom. The Hall–Kier alpha value is -3.86. The zero-order chi connectivity index (χ0) is 45.3. The van der Waals surface area contributed by atoms with Crippen molar-refractivity contribution in [2.45, 2.75) is 137 Å². The quantitative estimate of drug-likeness (QED) is 0.0610. The molecule has 0 spiro atoms. The van der Waals surface area contributed by atoms with Crippen molar-refractivity contribution in [2.24, 2.45) is 10.8 Å². The molecule has 358 valence electrons. The molecule has 6 aromatic rings. The summed E-state index contributed by atoms with van der Waals surface area (Å²) in [6, 6.07) is 22.2. The van der Waals surface area contributed by atoms with Gasteiger partial charge in [0.05, 0.1) is 23.6 Å². The summed E-state index contributed by atoms with van der Waals surface area (Å²) in [6.07, 6.45) is 9.53. The highest BCUT2D eigenvalue weighted by molar-refractivity contribution is 7.71. The van der Waals surface area contributed by atoms with Crippen molar-refractivity contribution in [2.75, 3.05) is 0 Å². The number of aliphatic hydroxyl groups excluding tert-OH is 1. The summed E-state index contributed by atoms with van der Waals surface area (Å²) >= 11 is 29.6. The average Bonchev–Trinajstić information content (AvgIpc) is 3.61. The van der Waals surface area contributed by atoms with Crippen molar-refractivity contribution < 1.29 is 20.1 Å². The molecular formula is C47H67Cl4N9O4S. The van der Waals surface area contributed by atoms with Crippen LogP contribution in [0.15, 0.2) is 104 Å². The Labute approximate surface area is 410 Å². The first-order chi connectivity index (χ1) is 29.1. The van der Waals surface area contributed by atoms with E-state index < -0.39 is 28.4 Å². The highest BCUT2D eigenvalue weighted by atomic mass is 35.5. The van der Waals surface area contributed by atoms with Crippen LogP contribution in [0.1, 0.15) is 100 Å². The van der Waals surface area contributed by atoms with Gasteiger partial charge in [-0.3, -0.25) is 14.5 Å². The van der Waals surface area contributed by atoms with E-state index in [9.17, 15) is 15.3 Å². The summed E-state index contributed by atoms with van der Waals surface area (Å²) < 4.78 is 11.1. The fourth-order valence-corrected chi connectivity index (χ4v) is 7.36. The number of aliphatic hydroxyl groups is 3. The van der Waals surface area contributed by atoms with E-state index in [2.05, 4.69) is 30.2 Å². The van der Waals surface area contributed by atoms with E-state index in [1.54, 1.807) is 40.0 Å². The fourth-order valence-electron chi connectivity index (χ4n) is 6.51. The van der Waals surface area contributed by atoms with Gasteiger partial charge in [-0.25, -0.2) is 19.6 Å². The van der Waals surface area contributed by atoms with Crippen LogP contribution in [-0.4, -0.2) is 81.8 Å². The third-order valence-electron chi connectivity index (χ3n) is 11.0. The van der Waals surface area contributed by atoms with Crippen LogP contribution < -0.4 is 4.74 Å². The maximum atomic E-state index is 11.2. The Morgan fingerprint density at radius 2 is 1.40 bits per heavy atom. The number of aromatic amines is 1. The van der Waals surface area contributed by atoms with Crippen molar-refractivity contribution in [3.63, 3.8) is 0 Å². The van der Waals surface area contributed by atoms with Gasteiger partial charge >= 0.3 is 0 Å². The lowest BCUT2D eigenvalue weighted by molar-refractivity contribution is -0.0796. The maximum absolute atomic E-state index is 11.2. The van der Waals surface area contributed by atoms with Crippen LogP contribution in [0.2, 0.25) is 15.1 Å². The summed E-state index contributed by atoms with van der Waals surface area (Å²) in [7, 11) is 0. The van der Waals surface area contributed by atoms with Gasteiger partial charge in [0, 0.05) is 21.5 Å². The first-order valence-corrected chi connectivity index (χ1v) is 22.0. The zero-order valence-corrected chi connectivity index (χ0v) is 39.5. The van der Waals surface area contributed by atoms with Crippen molar-refractivity contribution in [1.29, 1.82) is 0 Å². The van der Waals surface area contributed by atoms with Gasteiger partial charge in [-0.15, -0.1) is 11.6 Å². The number of rotatable bonds is 14. The Bertz CT molecular complexity index is 2330. The highest BCUT2D eigenvalue weighted by Gasteiger charge is 2.58. The number of alkyl halides is 1. The van der Waals surface area contributed by atoms with E-state index in [1.807, 2.05) is 90.1 Å². The normalized spacial score (nSPS) is 15.6. The van der Waals surface area contributed by atoms with E-state index in [4.69, 9.17) is 63.4 Å². The molecule has 0 aliphatic heterocycles. The van der Waals surface area contributed by atoms with Crippen LogP contribution >= 0.6 is 58.6 Å². The summed E-state index contributed by atoms with van der Waals surface area (Å²) in [6.45, 7) is 12.7. The zero-order valence-electron chi connectivity index (χ0n) is 35.7. The van der Waals surface area contributed by atoms with Crippen molar-refractivity contribution in [3.05, 3.63) is 135 Å². The second-order valence-electron chi connectivity index (χ2n) is 17.7. The minimum absolute atomic E-state index is 0. The Kier molecular flexibility index (Phi) is 21.4. The summed E-state index contributed by atoms with van der Waals surface area (Å²) in [5, 5.41) is 45.9. The largest absolute Gasteiger partial charge is 0.466 e. The van der Waals surface area contributed by atoms with Crippen molar-refractivity contribution >= 4 is 58.6 Å². The number of nitrogens with one attached hydrogen (secondary N) is 1. The van der Waals surface area contributed by atoms with E-state index in [0.29, 0.717) is 40.0 Å². The second kappa shape index (κ2) is 24.2. The van der Waals surface area contributed by atoms with Crippen LogP contribution in [0, 0.1) is 15.6 Å². The number of hydrogen-bond donors (Lipinski definition) is 4. The predicted octanol–water partition coefficient (Wildman–Crippen LogP) is 11.5. The molecule has 65 heavy (non-hydrogen) atoms. The third-order valence-corrected chi connectivity index (χ3v) is 12.9. The van der Waals surface area contributed by atoms with E-state index in [-0.39, 0.29) is 39.7 Å². The molecule has 4 atom stereocenters. The lowest BCUT2D eigenvalue weighted by Gasteiger charge is -2.40. The van der Waals surface area contributed by atoms with Gasteiger partial charge in [-0.05, 0) is 102 Å². The van der Waals surface area contributed by atoms with Crippen molar-refractivity contribution in [3.8, 4) is 5.75 Å². The number of aryl methyl sites for hydroxylation is 1. The van der Waals surface area contributed by atoms with Gasteiger partial charge in [-0.1, -0.05) is 129 Å². The van der Waals surface area contributed by atoms with Crippen LogP contribution in [0.4, 0.5) is 0 Å². The van der Waals surface area contributed by atoms with Gasteiger partial charge in [0.1, 0.15) is 49.1 Å². The molecule has 4 N–H and O–H groups in total. The van der Waals surface area contributed by atoms with E-state index in [1.165, 1.54) is 35.6 Å². The molecule has 3 aromatic heterocycles. The minimum atomic E-state index is -1.13. The molecule has 3 heterocycles. The second-order valence-corrected chi connectivity index (χ2v) is 20.0. The minimum Gasteiger partial charge on any atom is -0.466 e. The number of ether oxygens (including phenoxy) is 1. The van der Waals surface area contributed by atoms with Crippen molar-refractivity contribution in [1.82, 2.24) is 44.3 Å². The van der Waals surface area contributed by atoms with Gasteiger partial charge in [0.15, 0.2) is 0 Å². The molecular weight excluding hydrogens is 928 g/mol. The molecule has 3 aromatic carbocycles. The molecule has 1 saturated carbocycles. The number of benzene rings is 3. The molecule has 18 heteroatoms. The smallest absolute Gasteiger partial charge is 0.219 e. The Morgan fingerprint density at radius 3 is 1.89 bits per heavy atom. The van der Waals surface area contributed by atoms with Gasteiger partial charge in [0.25, 0.3) is 0 Å². The number of hydrogen-bond acceptors (Lipinski definition) is 10. The molecule has 1 aliphatic rings. The van der Waals surface area contributed by atoms with Gasteiger partial charge in [-0.2, -0.15) is 10.2 Å². The average molecular weight is 996 g/mol. The lowest BCUT2D eigenvalue weighted by atomic mass is 9.73. The molecule has 13 nitrogen and oxygen atoms in total. The standard InChI is InChI=1S/C16H22ClN3O.C14H15Cl2N3OS.C14H18ClN3O2.3CH4/c1-15(2,3)16(21,10-20-12-18-11-19-20)9-8-13-4-6-14(17)7-5-13;15-11-4-2-1-3-10(11)7-14(20,13(16)5-6-13)8-19-12(21)17-9-18-19;1-14(2,3)12(19)13(18-9-16-8-17-18)20-11-6-4-10(15)5-7-11;;;/h4-7,11-12,21H,8-10H2,1-3H3;1-4,9,20H,5-8H2,(H,17,18,21);4-9,12-13,19H,1-3H3;3*1H4. The summed E-state index contributed by atoms with van der Waals surface area (Å²) in [4.78, 5) is 11.2. The monoisotopic (exact) mass is 993 g/mol. The SMILES string of the molecule is C.C.C.CC(C)(C)C(O)(CCc1ccc(Cl)cc1)Cn1cncn1.CC(C)(C)C(O)C(Oc1ccc(Cl)cc1)n1cncn1.OC(Cc1ccccc1Cl)(Cn1[nH]cnc1=S)C1(Cl)CC1.